The molecular formula is C35H37NO5. The molecule has 0 unspecified atom stereocenters. The third-order valence-electron chi connectivity index (χ3n) is 7.30. The first-order valence-corrected chi connectivity index (χ1v) is 14.1. The number of amides is 1. The second-order valence-electron chi connectivity index (χ2n) is 10.2. The fourth-order valence-corrected chi connectivity index (χ4v) is 5.12. The minimum Gasteiger partial charge on any atom is -0.375 e. The predicted molar refractivity (Wildman–Crippen MR) is 158 cm³/mol. The Labute approximate surface area is 242 Å². The van der Waals surface area contributed by atoms with E-state index in [-0.39, 0.29) is 6.04 Å². The molecule has 1 amide bonds. The number of benzene rings is 4. The number of likely N-dealkylation sites (tertiary alicyclic amines) is 1. The Hall–Kier alpha value is -3.81. The van der Waals surface area contributed by atoms with Crippen LogP contribution in [-0.2, 0) is 50.2 Å². The van der Waals surface area contributed by atoms with Crippen LogP contribution in [0.25, 0.3) is 0 Å². The fourth-order valence-electron chi connectivity index (χ4n) is 5.12. The lowest BCUT2D eigenvalue weighted by atomic mass is 9.93. The molecule has 1 aliphatic rings. The second-order valence-corrected chi connectivity index (χ2v) is 10.2. The summed E-state index contributed by atoms with van der Waals surface area (Å²) in [7, 11) is 0. The lowest BCUT2D eigenvalue weighted by Crippen LogP contribution is -2.64. The van der Waals surface area contributed by atoms with Crippen molar-refractivity contribution in [2.75, 3.05) is 13.2 Å². The summed E-state index contributed by atoms with van der Waals surface area (Å²) in [6.45, 7) is 2.32. The van der Waals surface area contributed by atoms with Crippen LogP contribution in [0.5, 0.6) is 0 Å². The summed E-state index contributed by atoms with van der Waals surface area (Å²) >= 11 is 0. The van der Waals surface area contributed by atoms with Gasteiger partial charge >= 0.3 is 0 Å². The molecule has 0 N–H and O–H groups in total. The molecule has 0 radical (unpaired) electrons. The highest BCUT2D eigenvalue weighted by Gasteiger charge is 2.46. The van der Waals surface area contributed by atoms with Crippen molar-refractivity contribution >= 4 is 6.41 Å². The van der Waals surface area contributed by atoms with E-state index in [1.54, 1.807) is 4.90 Å². The summed E-state index contributed by atoms with van der Waals surface area (Å²) < 4.78 is 25.9. The van der Waals surface area contributed by atoms with Gasteiger partial charge in [0.2, 0.25) is 6.41 Å². The average Bonchev–Trinajstić information content (AvgIpc) is 3.04. The van der Waals surface area contributed by atoms with Gasteiger partial charge in [0.05, 0.1) is 39.1 Å². The molecule has 1 aliphatic heterocycles. The van der Waals surface area contributed by atoms with Crippen LogP contribution in [0.3, 0.4) is 0 Å². The number of carbonyl (C=O) groups is 1. The predicted octanol–water partition coefficient (Wildman–Crippen LogP) is 5.80. The summed E-state index contributed by atoms with van der Waals surface area (Å²) in [5, 5.41) is 0. The van der Waals surface area contributed by atoms with Gasteiger partial charge in [-0.25, -0.2) is 0 Å². The molecule has 0 saturated carbocycles. The smallest absolute Gasteiger partial charge is 0.210 e. The molecule has 5 rings (SSSR count). The summed E-state index contributed by atoms with van der Waals surface area (Å²) in [4.78, 5) is 14.2. The van der Waals surface area contributed by atoms with Crippen molar-refractivity contribution in [3.8, 4) is 0 Å². The largest absolute Gasteiger partial charge is 0.375 e. The Morgan fingerprint density at radius 3 is 1.44 bits per heavy atom. The van der Waals surface area contributed by atoms with Gasteiger partial charge in [0.25, 0.3) is 0 Å². The van der Waals surface area contributed by atoms with Crippen LogP contribution in [0.2, 0.25) is 0 Å². The van der Waals surface area contributed by atoms with Crippen molar-refractivity contribution in [3.05, 3.63) is 144 Å². The molecule has 1 fully saturated rings. The summed E-state index contributed by atoms with van der Waals surface area (Å²) in [5.41, 5.74) is 4.24. The van der Waals surface area contributed by atoms with E-state index in [1.165, 1.54) is 0 Å². The molecule has 4 aromatic carbocycles. The molecule has 1 saturated heterocycles. The van der Waals surface area contributed by atoms with E-state index < -0.39 is 18.3 Å². The normalized spacial score (nSPS) is 20.5. The molecule has 4 atom stereocenters. The maximum atomic E-state index is 12.4. The van der Waals surface area contributed by atoms with E-state index in [2.05, 4.69) is 0 Å². The average molecular weight is 552 g/mol. The lowest BCUT2D eigenvalue weighted by molar-refractivity contribution is -0.208. The van der Waals surface area contributed by atoms with Crippen LogP contribution >= 0.6 is 0 Å². The second kappa shape index (κ2) is 15.3. The SMILES string of the molecule is O=CN1C[C@H](OCc2ccccc2)[C@@H](OCc2ccccc2)[C@H](OCc2ccccc2)[C@@H]1COCc1ccccc1. The van der Waals surface area contributed by atoms with Gasteiger partial charge in [0, 0.05) is 6.54 Å². The Morgan fingerprint density at radius 2 is 0.976 bits per heavy atom. The van der Waals surface area contributed by atoms with Crippen molar-refractivity contribution in [3.63, 3.8) is 0 Å². The van der Waals surface area contributed by atoms with Crippen LogP contribution in [0.15, 0.2) is 121 Å². The van der Waals surface area contributed by atoms with E-state index in [9.17, 15) is 4.79 Å². The van der Waals surface area contributed by atoms with Crippen LogP contribution in [-0.4, -0.2) is 48.8 Å². The van der Waals surface area contributed by atoms with E-state index in [0.717, 1.165) is 28.7 Å². The number of hydrogen-bond acceptors (Lipinski definition) is 5. The number of carbonyl (C=O) groups excluding carboxylic acids is 1. The van der Waals surface area contributed by atoms with Crippen molar-refractivity contribution in [2.24, 2.45) is 0 Å². The van der Waals surface area contributed by atoms with E-state index in [4.69, 9.17) is 18.9 Å². The minimum absolute atomic E-state index is 0.309. The van der Waals surface area contributed by atoms with Gasteiger partial charge in [-0.2, -0.15) is 0 Å². The van der Waals surface area contributed by atoms with Crippen molar-refractivity contribution in [2.45, 2.75) is 50.8 Å². The number of ether oxygens (including phenoxy) is 4. The van der Waals surface area contributed by atoms with Gasteiger partial charge in [-0.1, -0.05) is 121 Å². The molecule has 6 heteroatoms. The molecule has 0 aromatic heterocycles. The maximum absolute atomic E-state index is 12.4. The van der Waals surface area contributed by atoms with Crippen molar-refractivity contribution in [1.29, 1.82) is 0 Å². The molecule has 0 spiro atoms. The Balaban J connectivity index is 1.39. The molecule has 0 bridgehead atoms. The topological polar surface area (TPSA) is 57.2 Å². The highest BCUT2D eigenvalue weighted by Crippen LogP contribution is 2.28. The molecule has 212 valence electrons. The molecule has 0 aliphatic carbocycles. The molecule has 1 heterocycles. The zero-order valence-electron chi connectivity index (χ0n) is 23.2. The quantitative estimate of drug-likeness (QED) is 0.186. The van der Waals surface area contributed by atoms with Gasteiger partial charge in [-0.15, -0.1) is 0 Å². The summed E-state index contributed by atoms with van der Waals surface area (Å²) in [6.07, 6.45) is -0.421. The van der Waals surface area contributed by atoms with E-state index in [1.807, 2.05) is 121 Å². The van der Waals surface area contributed by atoms with Gasteiger partial charge in [0.1, 0.15) is 18.3 Å². The number of nitrogens with zero attached hydrogens (tertiary/aromatic N) is 1. The minimum atomic E-state index is -0.477. The summed E-state index contributed by atoms with van der Waals surface area (Å²) in [5.74, 6) is 0. The Bertz CT molecular complexity index is 1290. The van der Waals surface area contributed by atoms with Gasteiger partial charge < -0.3 is 23.8 Å². The van der Waals surface area contributed by atoms with Crippen LogP contribution in [0, 0.1) is 0 Å². The Morgan fingerprint density at radius 1 is 0.561 bits per heavy atom. The van der Waals surface area contributed by atoms with E-state index in [0.29, 0.717) is 39.6 Å². The zero-order chi connectivity index (χ0) is 28.1. The molecule has 4 aromatic rings. The molecule has 41 heavy (non-hydrogen) atoms. The molecule has 6 nitrogen and oxygen atoms in total. The lowest BCUT2D eigenvalue weighted by Gasteiger charge is -2.47. The van der Waals surface area contributed by atoms with Crippen LogP contribution < -0.4 is 0 Å². The zero-order valence-corrected chi connectivity index (χ0v) is 23.2. The third kappa shape index (κ3) is 8.35. The highest BCUT2D eigenvalue weighted by molar-refractivity contribution is 5.49. The first-order chi connectivity index (χ1) is 20.3. The maximum Gasteiger partial charge on any atom is 0.210 e. The highest BCUT2D eigenvalue weighted by atomic mass is 16.6. The van der Waals surface area contributed by atoms with Gasteiger partial charge in [-0.3, -0.25) is 4.79 Å². The number of hydrogen-bond donors (Lipinski definition) is 0. The standard InChI is InChI=1S/C35H37NO5/c37-27-36-21-33(39-23-29-15-7-2-8-16-29)35(41-25-31-19-11-4-12-20-31)34(40-24-30-17-9-3-10-18-30)32(36)26-38-22-28-13-5-1-6-14-28/h1-20,27,32-35H,21-26H2/t32-,33-,34+,35+/m0/s1. The first-order valence-electron chi connectivity index (χ1n) is 14.1. The summed E-state index contributed by atoms with van der Waals surface area (Å²) in [6, 6.07) is 39.8. The van der Waals surface area contributed by atoms with Gasteiger partial charge in [-0.05, 0) is 22.3 Å². The van der Waals surface area contributed by atoms with Crippen LogP contribution in [0.4, 0.5) is 0 Å². The monoisotopic (exact) mass is 551 g/mol. The van der Waals surface area contributed by atoms with Crippen LogP contribution in [0.1, 0.15) is 22.3 Å². The van der Waals surface area contributed by atoms with Crippen molar-refractivity contribution < 1.29 is 23.7 Å². The first kappa shape index (κ1) is 28.7. The third-order valence-corrected chi connectivity index (χ3v) is 7.30. The molecular weight excluding hydrogens is 514 g/mol. The van der Waals surface area contributed by atoms with E-state index >= 15 is 0 Å². The van der Waals surface area contributed by atoms with Crippen molar-refractivity contribution in [1.82, 2.24) is 4.90 Å². The fraction of sp³-hybridized carbons (Fsp3) is 0.286. The number of piperidine rings is 1. The Kier molecular flexibility index (Phi) is 10.7. The number of rotatable bonds is 14. The van der Waals surface area contributed by atoms with Gasteiger partial charge in [0.15, 0.2) is 0 Å².